The molecular weight excluding hydrogens is 216 g/mol. The largest absolute Gasteiger partial charge is 0.465 e. The minimum atomic E-state index is -1.33. The van der Waals surface area contributed by atoms with Crippen molar-refractivity contribution in [3.63, 3.8) is 0 Å². The zero-order valence-electron chi connectivity index (χ0n) is 6.88. The number of hydrogen-bond donors (Lipinski definition) is 1. The van der Waals surface area contributed by atoms with E-state index in [1.54, 1.807) is 0 Å². The van der Waals surface area contributed by atoms with Gasteiger partial charge in [0, 0.05) is 6.07 Å². The highest BCUT2D eigenvalue weighted by Crippen LogP contribution is 2.18. The summed E-state index contributed by atoms with van der Waals surface area (Å²) >= 11 is 5.32. The third-order valence-corrected chi connectivity index (χ3v) is 1.80. The van der Waals surface area contributed by atoms with E-state index < -0.39 is 17.7 Å². The number of anilines is 1. The van der Waals surface area contributed by atoms with Crippen molar-refractivity contribution in [1.82, 2.24) is 0 Å². The zero-order valence-corrected chi connectivity index (χ0v) is 7.63. The molecule has 14 heavy (non-hydrogen) atoms. The molecule has 76 valence electrons. The number of benzene rings is 1. The maximum atomic E-state index is 12.7. The number of nitrogens with zero attached hydrogens (tertiary/aromatic N) is 1. The van der Waals surface area contributed by atoms with Gasteiger partial charge in [0.1, 0.15) is 6.00 Å². The second-order valence-corrected chi connectivity index (χ2v) is 2.67. The quantitative estimate of drug-likeness (QED) is 0.616. The van der Waals surface area contributed by atoms with Crippen LogP contribution in [0.2, 0.25) is 0 Å². The first-order chi connectivity index (χ1) is 6.56. The molecule has 1 rings (SSSR count). The Labute approximate surface area is 83.5 Å². The number of carboxylic acid groups (broad SMARTS) is 1. The molecule has 0 heterocycles. The molecule has 0 radical (unpaired) electrons. The van der Waals surface area contributed by atoms with Gasteiger partial charge in [-0.3, -0.25) is 4.90 Å². The molecule has 0 bridgehead atoms. The first-order valence-corrected chi connectivity index (χ1v) is 4.11. The molecule has 6 heteroatoms. The minimum Gasteiger partial charge on any atom is -0.465 e. The highest BCUT2D eigenvalue weighted by atomic mass is 35.5. The van der Waals surface area contributed by atoms with Crippen LogP contribution in [0.4, 0.5) is 19.3 Å². The average Bonchev–Trinajstić information content (AvgIpc) is 2.11. The van der Waals surface area contributed by atoms with E-state index in [1.165, 1.54) is 0 Å². The topological polar surface area (TPSA) is 40.5 Å². The van der Waals surface area contributed by atoms with Crippen LogP contribution in [0.15, 0.2) is 18.2 Å². The van der Waals surface area contributed by atoms with Crippen molar-refractivity contribution in [2.24, 2.45) is 0 Å². The maximum Gasteiger partial charge on any atom is 0.412 e. The Hall–Kier alpha value is -1.36. The Morgan fingerprint density at radius 1 is 1.43 bits per heavy atom. The lowest BCUT2D eigenvalue weighted by atomic mass is 10.3. The number of amides is 1. The van der Waals surface area contributed by atoms with E-state index in [4.69, 9.17) is 16.7 Å². The molecule has 0 aliphatic carbocycles. The van der Waals surface area contributed by atoms with Gasteiger partial charge in [-0.25, -0.2) is 13.6 Å². The van der Waals surface area contributed by atoms with Crippen LogP contribution >= 0.6 is 11.6 Å². The first kappa shape index (κ1) is 10.7. The molecular formula is C8H6ClF2NO2. The van der Waals surface area contributed by atoms with Crippen molar-refractivity contribution in [2.75, 3.05) is 10.9 Å². The molecule has 0 saturated carbocycles. The SMILES string of the molecule is O=C(O)N(CCl)c1ccc(F)c(F)c1. The van der Waals surface area contributed by atoms with Crippen molar-refractivity contribution in [3.05, 3.63) is 29.8 Å². The van der Waals surface area contributed by atoms with E-state index >= 15 is 0 Å². The molecule has 0 aromatic heterocycles. The van der Waals surface area contributed by atoms with Gasteiger partial charge in [0.15, 0.2) is 11.6 Å². The molecule has 3 nitrogen and oxygen atoms in total. The Balaban J connectivity index is 3.06. The summed E-state index contributed by atoms with van der Waals surface area (Å²) in [6.45, 7) is 0. The van der Waals surface area contributed by atoms with Crippen LogP contribution in [0.5, 0.6) is 0 Å². The number of hydrogen-bond acceptors (Lipinski definition) is 1. The van der Waals surface area contributed by atoms with Crippen LogP contribution in [0, 0.1) is 11.6 Å². The summed E-state index contributed by atoms with van der Waals surface area (Å²) in [6.07, 6.45) is -1.33. The molecule has 1 amide bonds. The predicted octanol–water partition coefficient (Wildman–Crippen LogP) is 2.65. The van der Waals surface area contributed by atoms with Crippen LogP contribution in [-0.2, 0) is 0 Å². The maximum absolute atomic E-state index is 12.7. The first-order valence-electron chi connectivity index (χ1n) is 3.57. The van der Waals surface area contributed by atoms with E-state index in [1.807, 2.05) is 0 Å². The Morgan fingerprint density at radius 2 is 2.07 bits per heavy atom. The smallest absolute Gasteiger partial charge is 0.412 e. The monoisotopic (exact) mass is 221 g/mol. The minimum absolute atomic E-state index is 0.00796. The molecule has 0 spiro atoms. The van der Waals surface area contributed by atoms with Gasteiger partial charge >= 0.3 is 6.09 Å². The standard InChI is InChI=1S/C8H6ClF2NO2/c9-4-12(8(13)14)5-1-2-6(10)7(11)3-5/h1-3H,4H2,(H,13,14). The Bertz CT molecular complexity index is 359. The number of halogens is 3. The molecule has 0 aliphatic heterocycles. The summed E-state index contributed by atoms with van der Waals surface area (Å²) in [5.41, 5.74) is -0.00796. The summed E-state index contributed by atoms with van der Waals surface area (Å²) in [6, 6.07) is 2.40. The zero-order chi connectivity index (χ0) is 10.7. The molecule has 1 N–H and O–H groups in total. The van der Waals surface area contributed by atoms with Crippen molar-refractivity contribution >= 4 is 23.4 Å². The third-order valence-electron chi connectivity index (χ3n) is 1.57. The Morgan fingerprint density at radius 3 is 2.50 bits per heavy atom. The lowest BCUT2D eigenvalue weighted by Crippen LogP contribution is -2.27. The Kier molecular flexibility index (Phi) is 3.24. The van der Waals surface area contributed by atoms with E-state index in [0.29, 0.717) is 4.90 Å². The van der Waals surface area contributed by atoms with Crippen molar-refractivity contribution in [3.8, 4) is 0 Å². The van der Waals surface area contributed by atoms with Gasteiger partial charge in [-0.1, -0.05) is 0 Å². The summed E-state index contributed by atoms with van der Waals surface area (Å²) < 4.78 is 25.2. The molecule has 0 aliphatic rings. The molecule has 1 aromatic rings. The van der Waals surface area contributed by atoms with Crippen molar-refractivity contribution in [2.45, 2.75) is 0 Å². The van der Waals surface area contributed by atoms with E-state index in [2.05, 4.69) is 0 Å². The van der Waals surface area contributed by atoms with Gasteiger partial charge in [0.05, 0.1) is 5.69 Å². The predicted molar refractivity (Wildman–Crippen MR) is 47.6 cm³/mol. The average molecular weight is 222 g/mol. The van der Waals surface area contributed by atoms with Gasteiger partial charge in [0.2, 0.25) is 0 Å². The second-order valence-electron chi connectivity index (χ2n) is 2.43. The van der Waals surface area contributed by atoms with Crippen LogP contribution in [0.25, 0.3) is 0 Å². The highest BCUT2D eigenvalue weighted by Gasteiger charge is 2.14. The fourth-order valence-electron chi connectivity index (χ4n) is 0.884. The van der Waals surface area contributed by atoms with Crippen LogP contribution in [-0.4, -0.2) is 17.2 Å². The summed E-state index contributed by atoms with van der Waals surface area (Å²) in [5.74, 6) is -2.15. The van der Waals surface area contributed by atoms with Crippen LogP contribution in [0.3, 0.4) is 0 Å². The molecule has 0 saturated heterocycles. The van der Waals surface area contributed by atoms with Gasteiger partial charge in [-0.15, -0.1) is 11.6 Å². The van der Waals surface area contributed by atoms with Crippen molar-refractivity contribution in [1.29, 1.82) is 0 Å². The van der Waals surface area contributed by atoms with Crippen LogP contribution in [0.1, 0.15) is 0 Å². The normalized spacial score (nSPS) is 9.93. The fraction of sp³-hybridized carbons (Fsp3) is 0.125. The summed E-state index contributed by atoms with van der Waals surface area (Å²) in [7, 11) is 0. The van der Waals surface area contributed by atoms with Gasteiger partial charge in [-0.05, 0) is 12.1 Å². The second kappa shape index (κ2) is 4.23. The lowest BCUT2D eigenvalue weighted by Gasteiger charge is -2.15. The third kappa shape index (κ3) is 2.11. The molecule has 0 unspecified atom stereocenters. The van der Waals surface area contributed by atoms with Crippen molar-refractivity contribution < 1.29 is 18.7 Å². The summed E-state index contributed by atoms with van der Waals surface area (Å²) in [4.78, 5) is 11.2. The fourth-order valence-corrected chi connectivity index (χ4v) is 1.12. The van der Waals surface area contributed by atoms with Gasteiger partial charge in [0.25, 0.3) is 0 Å². The molecule has 1 aromatic carbocycles. The van der Waals surface area contributed by atoms with Gasteiger partial charge < -0.3 is 5.11 Å². The van der Waals surface area contributed by atoms with E-state index in [9.17, 15) is 13.6 Å². The molecule has 0 atom stereocenters. The molecule has 0 fully saturated rings. The lowest BCUT2D eigenvalue weighted by molar-refractivity contribution is 0.203. The summed E-state index contributed by atoms with van der Waals surface area (Å²) in [5, 5.41) is 8.61. The number of alkyl halides is 1. The van der Waals surface area contributed by atoms with Crippen LogP contribution < -0.4 is 4.90 Å². The van der Waals surface area contributed by atoms with E-state index in [0.717, 1.165) is 18.2 Å². The highest BCUT2D eigenvalue weighted by molar-refractivity contribution is 6.20. The van der Waals surface area contributed by atoms with E-state index in [-0.39, 0.29) is 11.7 Å². The number of carbonyl (C=O) groups is 1. The van der Waals surface area contributed by atoms with Gasteiger partial charge in [-0.2, -0.15) is 0 Å². The number of rotatable bonds is 2.